The first-order valence-corrected chi connectivity index (χ1v) is 6.09. The zero-order chi connectivity index (χ0) is 14.4. The van der Waals surface area contributed by atoms with Crippen molar-refractivity contribution in [2.24, 2.45) is 5.92 Å². The average molecular weight is 265 g/mol. The number of nitrogens with one attached hydrogen (secondary N) is 1. The van der Waals surface area contributed by atoms with Crippen LogP contribution in [0.2, 0.25) is 0 Å². The summed E-state index contributed by atoms with van der Waals surface area (Å²) in [7, 11) is 1.31. The first-order valence-electron chi connectivity index (χ1n) is 6.09. The van der Waals surface area contributed by atoms with Gasteiger partial charge in [-0.1, -0.05) is 37.3 Å². The van der Waals surface area contributed by atoms with Crippen molar-refractivity contribution in [2.75, 3.05) is 7.11 Å². The molecule has 0 fully saturated rings. The Bertz CT molecular complexity index is 432. The molecule has 0 heterocycles. The van der Waals surface area contributed by atoms with Gasteiger partial charge in [0.15, 0.2) is 0 Å². The maximum absolute atomic E-state index is 11.8. The first kappa shape index (κ1) is 15.2. The number of carboxylic acid groups (broad SMARTS) is 1. The number of benzene rings is 1. The van der Waals surface area contributed by atoms with Crippen LogP contribution >= 0.6 is 0 Å². The first-order chi connectivity index (χ1) is 8.97. The molecule has 104 valence electrons. The molecule has 0 radical (unpaired) electrons. The second-order valence-corrected chi connectivity index (χ2v) is 4.45. The minimum atomic E-state index is -0.906. The van der Waals surface area contributed by atoms with Crippen molar-refractivity contribution in [3.63, 3.8) is 0 Å². The molecule has 3 atom stereocenters. The van der Waals surface area contributed by atoms with Crippen LogP contribution in [0.4, 0.5) is 0 Å². The van der Waals surface area contributed by atoms with E-state index in [1.165, 1.54) is 7.11 Å². The van der Waals surface area contributed by atoms with Gasteiger partial charge in [-0.25, -0.2) is 4.79 Å². The van der Waals surface area contributed by atoms with Crippen LogP contribution in [0.3, 0.4) is 0 Å². The van der Waals surface area contributed by atoms with E-state index >= 15 is 0 Å². The predicted molar refractivity (Wildman–Crippen MR) is 70.6 cm³/mol. The third-order valence-corrected chi connectivity index (χ3v) is 3.14. The lowest BCUT2D eigenvalue weighted by Crippen LogP contribution is -2.41. The topological polar surface area (TPSA) is 75.6 Å². The number of methoxy groups -OCH3 is 1. The maximum Gasteiger partial charge on any atom is 0.327 e. The van der Waals surface area contributed by atoms with Gasteiger partial charge in [-0.05, 0) is 12.5 Å². The molecule has 0 aromatic heterocycles. The van der Waals surface area contributed by atoms with Gasteiger partial charge in [0.2, 0.25) is 0 Å². The number of hydrogen-bond donors (Lipinski definition) is 2. The highest BCUT2D eigenvalue weighted by molar-refractivity contribution is 5.78. The molecule has 0 spiro atoms. The van der Waals surface area contributed by atoms with Crippen molar-refractivity contribution in [1.29, 1.82) is 0 Å². The molecule has 1 rings (SSSR count). The molecule has 5 nitrogen and oxygen atoms in total. The number of carbonyl (C=O) groups is 2. The highest BCUT2D eigenvalue weighted by Crippen LogP contribution is 2.17. The monoisotopic (exact) mass is 265 g/mol. The smallest absolute Gasteiger partial charge is 0.327 e. The summed E-state index contributed by atoms with van der Waals surface area (Å²) in [4.78, 5) is 22.8. The van der Waals surface area contributed by atoms with E-state index in [1.807, 2.05) is 18.2 Å². The largest absolute Gasteiger partial charge is 0.481 e. The third kappa shape index (κ3) is 4.06. The van der Waals surface area contributed by atoms with Gasteiger partial charge in [0.1, 0.15) is 6.04 Å². The molecule has 0 bridgehead atoms. The molecule has 19 heavy (non-hydrogen) atoms. The number of hydrogen-bond acceptors (Lipinski definition) is 4. The van der Waals surface area contributed by atoms with Crippen molar-refractivity contribution in [1.82, 2.24) is 5.32 Å². The Morgan fingerprint density at radius 1 is 1.21 bits per heavy atom. The molecule has 0 saturated heterocycles. The summed E-state index contributed by atoms with van der Waals surface area (Å²) in [6.07, 6.45) is 0. The van der Waals surface area contributed by atoms with Crippen LogP contribution < -0.4 is 5.32 Å². The van der Waals surface area contributed by atoms with Crippen LogP contribution in [-0.2, 0) is 14.3 Å². The zero-order valence-electron chi connectivity index (χ0n) is 11.3. The Morgan fingerprint density at radius 2 is 1.79 bits per heavy atom. The highest BCUT2D eigenvalue weighted by Gasteiger charge is 2.27. The van der Waals surface area contributed by atoms with Gasteiger partial charge in [0, 0.05) is 6.04 Å². The van der Waals surface area contributed by atoms with Gasteiger partial charge in [-0.15, -0.1) is 0 Å². The molecule has 0 saturated carbocycles. The standard InChI is InChI=1S/C14H19NO4/c1-9(13(16)17)10(2)15-12(14(18)19-3)11-7-5-4-6-8-11/h4-10,12,15H,1-3H3,(H,16,17). The molecule has 0 amide bonds. The Hall–Kier alpha value is -1.88. The molecule has 5 heteroatoms. The minimum Gasteiger partial charge on any atom is -0.481 e. The molecule has 3 unspecified atom stereocenters. The van der Waals surface area contributed by atoms with Crippen molar-refractivity contribution in [3.8, 4) is 0 Å². The SMILES string of the molecule is COC(=O)C(NC(C)C(C)C(=O)O)c1ccccc1. The molecule has 0 aliphatic heterocycles. The average Bonchev–Trinajstić information content (AvgIpc) is 2.43. The van der Waals surface area contributed by atoms with Gasteiger partial charge in [-0.3, -0.25) is 10.1 Å². The Labute approximate surface area is 112 Å². The van der Waals surface area contributed by atoms with Crippen LogP contribution in [0, 0.1) is 5.92 Å². The van der Waals surface area contributed by atoms with Gasteiger partial charge in [-0.2, -0.15) is 0 Å². The van der Waals surface area contributed by atoms with Crippen LogP contribution in [0.25, 0.3) is 0 Å². The molecular formula is C14H19NO4. The lowest BCUT2D eigenvalue weighted by atomic mass is 10.0. The number of rotatable bonds is 6. The Balaban J connectivity index is 2.88. The molecular weight excluding hydrogens is 246 g/mol. The van der Waals surface area contributed by atoms with Crippen LogP contribution in [0.1, 0.15) is 25.5 Å². The van der Waals surface area contributed by atoms with E-state index in [2.05, 4.69) is 5.32 Å². The summed E-state index contributed by atoms with van der Waals surface area (Å²) in [5, 5.41) is 12.0. The minimum absolute atomic E-state index is 0.359. The normalized spacial score (nSPS) is 15.3. The van der Waals surface area contributed by atoms with Crippen LogP contribution in [0.5, 0.6) is 0 Å². The van der Waals surface area contributed by atoms with E-state index in [1.54, 1.807) is 26.0 Å². The second-order valence-electron chi connectivity index (χ2n) is 4.45. The van der Waals surface area contributed by atoms with E-state index in [0.29, 0.717) is 0 Å². The lowest BCUT2D eigenvalue weighted by molar-refractivity contribution is -0.146. The summed E-state index contributed by atoms with van der Waals surface area (Å²) in [5.74, 6) is -1.94. The van der Waals surface area contributed by atoms with Crippen LogP contribution in [-0.4, -0.2) is 30.2 Å². The van der Waals surface area contributed by atoms with Gasteiger partial charge in [0.25, 0.3) is 0 Å². The fraction of sp³-hybridized carbons (Fsp3) is 0.429. The van der Waals surface area contributed by atoms with Crippen LogP contribution in [0.15, 0.2) is 30.3 Å². The Kier molecular flexibility index (Phi) is 5.51. The third-order valence-electron chi connectivity index (χ3n) is 3.14. The van der Waals surface area contributed by atoms with Crippen molar-refractivity contribution >= 4 is 11.9 Å². The molecule has 0 aliphatic carbocycles. The highest BCUT2D eigenvalue weighted by atomic mass is 16.5. The number of ether oxygens (including phenoxy) is 1. The summed E-state index contributed by atoms with van der Waals surface area (Å²) in [6, 6.07) is 8.06. The maximum atomic E-state index is 11.8. The summed E-state index contributed by atoms with van der Waals surface area (Å²) >= 11 is 0. The van der Waals surface area contributed by atoms with E-state index < -0.39 is 23.9 Å². The van der Waals surface area contributed by atoms with E-state index in [-0.39, 0.29) is 6.04 Å². The fourth-order valence-corrected chi connectivity index (χ4v) is 1.68. The van der Waals surface area contributed by atoms with E-state index in [9.17, 15) is 9.59 Å². The predicted octanol–water partition coefficient (Wildman–Crippen LogP) is 1.60. The summed E-state index contributed by atoms with van der Waals surface area (Å²) in [5.41, 5.74) is 0.749. The van der Waals surface area contributed by atoms with Gasteiger partial charge < -0.3 is 9.84 Å². The van der Waals surface area contributed by atoms with Gasteiger partial charge >= 0.3 is 11.9 Å². The fourth-order valence-electron chi connectivity index (χ4n) is 1.68. The number of esters is 1. The van der Waals surface area contributed by atoms with Gasteiger partial charge in [0.05, 0.1) is 13.0 Å². The van der Waals surface area contributed by atoms with E-state index in [4.69, 9.17) is 9.84 Å². The molecule has 1 aromatic carbocycles. The van der Waals surface area contributed by atoms with Crippen molar-refractivity contribution in [2.45, 2.75) is 25.9 Å². The lowest BCUT2D eigenvalue weighted by Gasteiger charge is -2.24. The van der Waals surface area contributed by atoms with Crippen molar-refractivity contribution < 1.29 is 19.4 Å². The Morgan fingerprint density at radius 3 is 2.26 bits per heavy atom. The summed E-state index contributed by atoms with van der Waals surface area (Å²) in [6.45, 7) is 3.33. The van der Waals surface area contributed by atoms with Crippen molar-refractivity contribution in [3.05, 3.63) is 35.9 Å². The number of carboxylic acids is 1. The quantitative estimate of drug-likeness (QED) is 0.764. The van der Waals surface area contributed by atoms with E-state index in [0.717, 1.165) is 5.56 Å². The molecule has 2 N–H and O–H groups in total. The second kappa shape index (κ2) is 6.89. The number of carbonyl (C=O) groups excluding carboxylic acids is 1. The number of aliphatic carboxylic acids is 1. The summed E-state index contributed by atoms with van der Waals surface area (Å²) < 4.78 is 4.76. The zero-order valence-corrected chi connectivity index (χ0v) is 11.3. The molecule has 0 aliphatic rings. The molecule has 1 aromatic rings.